The number of hydrogen-bond donors (Lipinski definition) is 2. The molecule has 3 aromatic rings. The van der Waals surface area contributed by atoms with Crippen molar-refractivity contribution in [3.05, 3.63) is 60.2 Å². The largest absolute Gasteiger partial charge is 0.395 e. The van der Waals surface area contributed by atoms with Crippen molar-refractivity contribution in [2.24, 2.45) is 0 Å². The van der Waals surface area contributed by atoms with Gasteiger partial charge in [0.05, 0.1) is 11.5 Å². The second-order valence-electron chi connectivity index (χ2n) is 7.31. The number of hydrogen-bond acceptors (Lipinski definition) is 6. The third kappa shape index (κ3) is 5.18. The van der Waals surface area contributed by atoms with Crippen LogP contribution in [-0.4, -0.2) is 45.7 Å². The van der Waals surface area contributed by atoms with Crippen molar-refractivity contribution >= 4 is 22.3 Å². The average molecular weight is 413 g/mol. The fraction of sp³-hybridized carbons (Fsp3) is 0.364. The van der Waals surface area contributed by atoms with Crippen LogP contribution in [0.25, 0.3) is 10.4 Å². The van der Waals surface area contributed by atoms with E-state index >= 15 is 0 Å². The van der Waals surface area contributed by atoms with Crippen molar-refractivity contribution in [3.63, 3.8) is 0 Å². The molecule has 152 valence electrons. The van der Waals surface area contributed by atoms with E-state index in [1.54, 1.807) is 18.3 Å². The molecule has 0 bridgehead atoms. The summed E-state index contributed by atoms with van der Waals surface area (Å²) in [6.07, 6.45) is 8.23. The normalized spacial score (nSPS) is 17.0. The highest BCUT2D eigenvalue weighted by atomic mass is 32.1. The summed E-state index contributed by atoms with van der Waals surface area (Å²) < 4.78 is 13.1. The van der Waals surface area contributed by atoms with E-state index in [0.717, 1.165) is 47.3 Å². The predicted molar refractivity (Wildman–Crippen MR) is 115 cm³/mol. The van der Waals surface area contributed by atoms with Gasteiger partial charge in [-0.15, -0.1) is 0 Å². The molecule has 0 saturated carbocycles. The zero-order valence-electron chi connectivity index (χ0n) is 16.2. The molecule has 29 heavy (non-hydrogen) atoms. The number of rotatable bonds is 8. The lowest BCUT2D eigenvalue weighted by Gasteiger charge is -2.23. The molecular formula is C22H25FN4OS. The summed E-state index contributed by atoms with van der Waals surface area (Å²) >= 11 is 1.51. The van der Waals surface area contributed by atoms with Gasteiger partial charge < -0.3 is 10.4 Å². The maximum absolute atomic E-state index is 13.1. The van der Waals surface area contributed by atoms with E-state index in [1.807, 2.05) is 12.3 Å². The fourth-order valence-electron chi connectivity index (χ4n) is 3.81. The number of pyridine rings is 1. The maximum atomic E-state index is 13.1. The number of anilines is 2. The lowest BCUT2D eigenvalue weighted by Crippen LogP contribution is -2.32. The van der Waals surface area contributed by atoms with Crippen LogP contribution < -0.4 is 5.32 Å². The average Bonchev–Trinajstić information content (AvgIpc) is 3.38. The molecule has 0 aliphatic carbocycles. The van der Waals surface area contributed by atoms with E-state index in [1.165, 1.54) is 41.9 Å². The summed E-state index contributed by atoms with van der Waals surface area (Å²) in [5.74, 6) is 0.520. The van der Waals surface area contributed by atoms with Crippen molar-refractivity contribution in [1.82, 2.24) is 14.9 Å². The van der Waals surface area contributed by atoms with Gasteiger partial charge in [0.1, 0.15) is 11.6 Å². The van der Waals surface area contributed by atoms with Crippen LogP contribution in [0.1, 0.15) is 24.8 Å². The van der Waals surface area contributed by atoms with Crippen LogP contribution in [0.3, 0.4) is 0 Å². The SMILES string of the molecule is OCCN1CCC[C@H]1CCc1ccc(Nc2ncc(-c3ccc(F)cc3)s2)nc1. The first-order chi connectivity index (χ1) is 14.2. The second kappa shape index (κ2) is 9.43. The van der Waals surface area contributed by atoms with E-state index in [0.29, 0.717) is 6.04 Å². The maximum Gasteiger partial charge on any atom is 0.188 e. The Morgan fingerprint density at radius 2 is 2.00 bits per heavy atom. The molecule has 1 aliphatic heterocycles. The van der Waals surface area contributed by atoms with Crippen molar-refractivity contribution in [2.45, 2.75) is 31.7 Å². The number of halogens is 1. The highest BCUT2D eigenvalue weighted by molar-refractivity contribution is 7.18. The number of likely N-dealkylation sites (tertiary alicyclic amines) is 1. The zero-order valence-corrected chi connectivity index (χ0v) is 17.0. The van der Waals surface area contributed by atoms with Crippen LogP contribution in [0.15, 0.2) is 48.8 Å². The van der Waals surface area contributed by atoms with E-state index in [2.05, 4.69) is 26.3 Å². The van der Waals surface area contributed by atoms with Crippen LogP contribution in [0, 0.1) is 5.82 Å². The molecule has 1 aromatic carbocycles. The highest BCUT2D eigenvalue weighted by Gasteiger charge is 2.23. The molecule has 2 N–H and O–H groups in total. The Kier molecular flexibility index (Phi) is 6.49. The van der Waals surface area contributed by atoms with Gasteiger partial charge in [-0.3, -0.25) is 4.90 Å². The number of benzene rings is 1. The molecule has 0 radical (unpaired) electrons. The molecule has 1 atom stereocenters. The monoisotopic (exact) mass is 412 g/mol. The molecule has 3 heterocycles. The van der Waals surface area contributed by atoms with E-state index in [9.17, 15) is 9.50 Å². The minimum atomic E-state index is -0.241. The first-order valence-electron chi connectivity index (χ1n) is 10.00. The molecule has 1 aliphatic rings. The van der Waals surface area contributed by atoms with Crippen LogP contribution in [-0.2, 0) is 6.42 Å². The number of aromatic nitrogens is 2. The van der Waals surface area contributed by atoms with Crippen LogP contribution >= 0.6 is 11.3 Å². The number of nitrogens with zero attached hydrogens (tertiary/aromatic N) is 3. The van der Waals surface area contributed by atoms with Gasteiger partial charge in [0.2, 0.25) is 0 Å². The Labute approximate surface area is 174 Å². The van der Waals surface area contributed by atoms with E-state index in [-0.39, 0.29) is 12.4 Å². The topological polar surface area (TPSA) is 61.3 Å². The zero-order chi connectivity index (χ0) is 20.1. The molecule has 1 fully saturated rings. The third-order valence-electron chi connectivity index (χ3n) is 5.35. The fourth-order valence-corrected chi connectivity index (χ4v) is 4.64. The molecule has 2 aromatic heterocycles. The summed E-state index contributed by atoms with van der Waals surface area (Å²) in [5.41, 5.74) is 2.17. The van der Waals surface area contributed by atoms with Crippen molar-refractivity contribution in [1.29, 1.82) is 0 Å². The Bertz CT molecular complexity index is 913. The number of aliphatic hydroxyl groups is 1. The number of aliphatic hydroxyl groups excluding tert-OH is 1. The highest BCUT2D eigenvalue weighted by Crippen LogP contribution is 2.30. The van der Waals surface area contributed by atoms with Crippen molar-refractivity contribution < 1.29 is 9.50 Å². The molecule has 5 nitrogen and oxygen atoms in total. The summed E-state index contributed by atoms with van der Waals surface area (Å²) in [6, 6.07) is 11.1. The number of aryl methyl sites for hydroxylation is 1. The van der Waals surface area contributed by atoms with E-state index < -0.39 is 0 Å². The van der Waals surface area contributed by atoms with Gasteiger partial charge in [0.25, 0.3) is 0 Å². The van der Waals surface area contributed by atoms with Crippen molar-refractivity contribution in [2.75, 3.05) is 25.0 Å². The molecule has 0 spiro atoms. The quantitative estimate of drug-likeness (QED) is 0.571. The minimum Gasteiger partial charge on any atom is -0.395 e. The van der Waals surface area contributed by atoms with Crippen LogP contribution in [0.2, 0.25) is 0 Å². The Morgan fingerprint density at radius 3 is 2.76 bits per heavy atom. The number of thiazole rings is 1. The van der Waals surface area contributed by atoms with Gasteiger partial charge in [-0.05, 0) is 61.6 Å². The third-order valence-corrected chi connectivity index (χ3v) is 6.31. The van der Waals surface area contributed by atoms with Crippen molar-refractivity contribution in [3.8, 4) is 10.4 Å². The Morgan fingerprint density at radius 1 is 1.14 bits per heavy atom. The molecule has 7 heteroatoms. The Hall–Kier alpha value is -2.35. The first kappa shape index (κ1) is 19.9. The molecule has 4 rings (SSSR count). The summed E-state index contributed by atoms with van der Waals surface area (Å²) in [5, 5.41) is 13.2. The van der Waals surface area contributed by atoms with Gasteiger partial charge in [0, 0.05) is 25.0 Å². The lowest BCUT2D eigenvalue weighted by atomic mass is 10.0. The molecule has 1 saturated heterocycles. The standard InChI is InChI=1S/C22H25FN4OS/c23-18-7-5-17(6-8-18)20-15-25-22(29-20)26-21-10-4-16(14-24-21)3-9-19-2-1-11-27(19)12-13-28/h4-8,10,14-15,19,28H,1-3,9,11-13H2,(H,24,25,26)/t19-/m0/s1. The Balaban J connectivity index is 1.32. The van der Waals surface area contributed by atoms with E-state index in [4.69, 9.17) is 0 Å². The van der Waals surface area contributed by atoms with Gasteiger partial charge in [-0.25, -0.2) is 14.4 Å². The van der Waals surface area contributed by atoms with Gasteiger partial charge in [-0.1, -0.05) is 29.5 Å². The van der Waals surface area contributed by atoms with Crippen LogP contribution in [0.5, 0.6) is 0 Å². The second-order valence-corrected chi connectivity index (χ2v) is 8.34. The summed E-state index contributed by atoms with van der Waals surface area (Å²) in [6.45, 7) is 2.11. The lowest BCUT2D eigenvalue weighted by molar-refractivity contribution is 0.180. The molecule has 0 amide bonds. The number of nitrogens with one attached hydrogen (secondary N) is 1. The molecular weight excluding hydrogens is 387 g/mol. The smallest absolute Gasteiger partial charge is 0.188 e. The minimum absolute atomic E-state index is 0.234. The molecule has 0 unspecified atom stereocenters. The van der Waals surface area contributed by atoms with Crippen LogP contribution in [0.4, 0.5) is 15.3 Å². The summed E-state index contributed by atoms with van der Waals surface area (Å²) in [4.78, 5) is 12.3. The number of β-amino-alcohol motifs (C(OH)–C–C–N with tert-alkyl or cyclic N) is 1. The van der Waals surface area contributed by atoms with Gasteiger partial charge in [0.15, 0.2) is 5.13 Å². The summed E-state index contributed by atoms with van der Waals surface area (Å²) in [7, 11) is 0. The van der Waals surface area contributed by atoms with Gasteiger partial charge >= 0.3 is 0 Å². The predicted octanol–water partition coefficient (Wildman–Crippen LogP) is 4.48. The van der Waals surface area contributed by atoms with Gasteiger partial charge in [-0.2, -0.15) is 0 Å². The first-order valence-corrected chi connectivity index (χ1v) is 10.8.